The van der Waals surface area contributed by atoms with Gasteiger partial charge in [-0.15, -0.1) is 11.8 Å². The van der Waals surface area contributed by atoms with E-state index in [-0.39, 0.29) is 5.24 Å². The molecule has 16 heavy (non-hydrogen) atoms. The van der Waals surface area contributed by atoms with E-state index < -0.39 is 0 Å². The van der Waals surface area contributed by atoms with E-state index in [0.29, 0.717) is 6.54 Å². The second-order valence-corrected chi connectivity index (χ2v) is 5.55. The summed E-state index contributed by atoms with van der Waals surface area (Å²) in [5.74, 6) is 1.22. The maximum absolute atomic E-state index is 11.0. The zero-order valence-electron chi connectivity index (χ0n) is 9.27. The van der Waals surface area contributed by atoms with Crippen molar-refractivity contribution in [1.29, 1.82) is 0 Å². The van der Waals surface area contributed by atoms with E-state index in [2.05, 4.69) is 30.8 Å². The molecule has 0 radical (unpaired) electrons. The molecule has 1 aromatic rings. The summed E-state index contributed by atoms with van der Waals surface area (Å²) in [6.07, 6.45) is 2.41. The van der Waals surface area contributed by atoms with Crippen LogP contribution in [0.5, 0.6) is 0 Å². The van der Waals surface area contributed by atoms with Crippen LogP contribution in [0.15, 0.2) is 23.1 Å². The van der Waals surface area contributed by atoms with Crippen LogP contribution in [0.4, 0.5) is 4.79 Å². The Kier molecular flexibility index (Phi) is 3.82. The van der Waals surface area contributed by atoms with Crippen molar-refractivity contribution in [2.75, 3.05) is 12.8 Å². The molecule has 1 aliphatic heterocycles. The van der Waals surface area contributed by atoms with E-state index in [1.165, 1.54) is 28.2 Å². The minimum atomic E-state index is -0.188. The number of amides is 1. The molecule has 0 saturated carbocycles. The van der Waals surface area contributed by atoms with E-state index in [4.69, 9.17) is 0 Å². The van der Waals surface area contributed by atoms with Gasteiger partial charge in [0.25, 0.3) is 5.24 Å². The first kappa shape index (κ1) is 11.9. The zero-order chi connectivity index (χ0) is 11.5. The molecule has 0 spiro atoms. The van der Waals surface area contributed by atoms with Crippen LogP contribution in [0.2, 0.25) is 0 Å². The maximum Gasteiger partial charge on any atom is 0.278 e. The number of fused-ring (bicyclic) bond motifs is 1. The van der Waals surface area contributed by atoms with Crippen molar-refractivity contribution >= 4 is 29.6 Å². The van der Waals surface area contributed by atoms with Crippen molar-refractivity contribution < 1.29 is 4.79 Å². The molecule has 0 bridgehead atoms. The van der Waals surface area contributed by atoms with Crippen LogP contribution >= 0.6 is 24.4 Å². The Labute approximate surface area is 106 Å². The predicted octanol–water partition coefficient (Wildman–Crippen LogP) is 3.21. The Bertz CT molecular complexity index is 406. The van der Waals surface area contributed by atoms with Crippen LogP contribution in [-0.2, 0) is 13.0 Å². The number of hydrogen-bond donors (Lipinski definition) is 1. The van der Waals surface area contributed by atoms with Crippen molar-refractivity contribution in [3.63, 3.8) is 0 Å². The summed E-state index contributed by atoms with van der Waals surface area (Å²) in [5, 5.41) is -0.188. The topological polar surface area (TPSA) is 20.3 Å². The summed E-state index contributed by atoms with van der Waals surface area (Å²) in [4.78, 5) is 14.0. The van der Waals surface area contributed by atoms with Gasteiger partial charge in [-0.1, -0.05) is 24.8 Å². The quantitative estimate of drug-likeness (QED) is 0.817. The van der Waals surface area contributed by atoms with E-state index in [1.807, 2.05) is 11.8 Å². The summed E-state index contributed by atoms with van der Waals surface area (Å²) in [6, 6.07) is 6.49. The molecule has 0 unspecified atom stereocenters. The fraction of sp³-hybridized carbons (Fsp3) is 0.417. The largest absolute Gasteiger partial charge is 0.333 e. The van der Waals surface area contributed by atoms with Crippen molar-refractivity contribution in [3.05, 3.63) is 29.3 Å². The fourth-order valence-electron chi connectivity index (χ4n) is 1.85. The Balaban J connectivity index is 2.14. The Morgan fingerprint density at radius 3 is 3.12 bits per heavy atom. The molecule has 0 saturated heterocycles. The molecule has 1 aliphatic rings. The molecule has 2 nitrogen and oxygen atoms in total. The number of benzene rings is 1. The van der Waals surface area contributed by atoms with Gasteiger partial charge in [-0.2, -0.15) is 0 Å². The third kappa shape index (κ3) is 2.74. The number of carbonyl (C=O) groups excluding carboxylic acids is 1. The number of rotatable bonds is 2. The lowest BCUT2D eigenvalue weighted by atomic mass is 10.1. The standard InChI is InChI=1S/C12H15NOS2/c1-13(12(14)15)8-9-4-5-11-10(7-9)3-2-6-16-11/h4-5,7H,2-3,6,8H2,1H3,(H,14,15). The molecule has 4 heteroatoms. The number of nitrogens with zero attached hydrogens (tertiary/aromatic N) is 1. The number of thioether (sulfide) groups is 1. The number of thiol groups is 1. The highest BCUT2D eigenvalue weighted by Gasteiger charge is 2.11. The normalized spacial score (nSPS) is 14.4. The van der Waals surface area contributed by atoms with Crippen molar-refractivity contribution in [2.45, 2.75) is 24.3 Å². The first-order valence-corrected chi connectivity index (χ1v) is 6.79. The maximum atomic E-state index is 11.0. The lowest BCUT2D eigenvalue weighted by molar-refractivity contribution is 0.232. The van der Waals surface area contributed by atoms with E-state index in [0.717, 1.165) is 6.42 Å². The van der Waals surface area contributed by atoms with Gasteiger partial charge in [0.1, 0.15) is 0 Å². The van der Waals surface area contributed by atoms with Gasteiger partial charge in [0.2, 0.25) is 0 Å². The molecular weight excluding hydrogens is 238 g/mol. The molecule has 1 heterocycles. The van der Waals surface area contributed by atoms with Gasteiger partial charge in [-0.3, -0.25) is 4.79 Å². The first-order valence-electron chi connectivity index (χ1n) is 5.35. The summed E-state index contributed by atoms with van der Waals surface area (Å²) in [6.45, 7) is 0.639. The van der Waals surface area contributed by atoms with E-state index in [1.54, 1.807) is 11.9 Å². The predicted molar refractivity (Wildman–Crippen MR) is 71.3 cm³/mol. The van der Waals surface area contributed by atoms with Crippen LogP contribution in [0.25, 0.3) is 0 Å². The fourth-order valence-corrected chi connectivity index (χ4v) is 2.94. The Hall–Kier alpha value is -0.610. The summed E-state index contributed by atoms with van der Waals surface area (Å²) in [5.41, 5.74) is 2.61. The van der Waals surface area contributed by atoms with Gasteiger partial charge in [0.05, 0.1) is 0 Å². The lowest BCUT2D eigenvalue weighted by Gasteiger charge is -2.18. The monoisotopic (exact) mass is 253 g/mol. The van der Waals surface area contributed by atoms with Crippen molar-refractivity contribution in [1.82, 2.24) is 4.90 Å². The Morgan fingerprint density at radius 1 is 1.56 bits per heavy atom. The lowest BCUT2D eigenvalue weighted by Crippen LogP contribution is -2.20. The van der Waals surface area contributed by atoms with Crippen molar-refractivity contribution in [3.8, 4) is 0 Å². The first-order chi connectivity index (χ1) is 7.66. The Morgan fingerprint density at radius 2 is 2.38 bits per heavy atom. The van der Waals surface area contributed by atoms with Crippen LogP contribution < -0.4 is 0 Å². The molecule has 1 amide bonds. The van der Waals surface area contributed by atoms with E-state index >= 15 is 0 Å². The average Bonchev–Trinajstić information content (AvgIpc) is 2.28. The van der Waals surface area contributed by atoms with Crippen LogP contribution in [0.1, 0.15) is 17.5 Å². The molecule has 0 atom stereocenters. The molecular formula is C12H15NOS2. The summed E-state index contributed by atoms with van der Waals surface area (Å²) in [7, 11) is 1.77. The van der Waals surface area contributed by atoms with Gasteiger partial charge in [-0.05, 0) is 35.8 Å². The zero-order valence-corrected chi connectivity index (χ0v) is 11.0. The summed E-state index contributed by atoms with van der Waals surface area (Å²) >= 11 is 5.73. The second-order valence-electron chi connectivity index (χ2n) is 4.03. The van der Waals surface area contributed by atoms with Crippen molar-refractivity contribution in [2.24, 2.45) is 0 Å². The molecule has 0 aromatic heterocycles. The van der Waals surface area contributed by atoms with Gasteiger partial charge >= 0.3 is 0 Å². The van der Waals surface area contributed by atoms with Crippen LogP contribution in [-0.4, -0.2) is 22.9 Å². The highest BCUT2D eigenvalue weighted by molar-refractivity contribution is 7.99. The SMILES string of the molecule is CN(Cc1ccc2c(c1)CCCS2)C(=O)S. The highest BCUT2D eigenvalue weighted by atomic mass is 32.2. The minimum Gasteiger partial charge on any atom is -0.333 e. The second kappa shape index (κ2) is 5.15. The molecule has 2 rings (SSSR count). The highest BCUT2D eigenvalue weighted by Crippen LogP contribution is 2.30. The molecule has 0 fully saturated rings. The molecule has 0 aliphatic carbocycles. The van der Waals surface area contributed by atoms with Gasteiger partial charge < -0.3 is 4.90 Å². The average molecular weight is 253 g/mol. The van der Waals surface area contributed by atoms with E-state index in [9.17, 15) is 4.79 Å². The van der Waals surface area contributed by atoms with Gasteiger partial charge in [-0.25, -0.2) is 0 Å². The van der Waals surface area contributed by atoms with Gasteiger partial charge in [0, 0.05) is 18.5 Å². The number of carbonyl (C=O) groups is 1. The van der Waals surface area contributed by atoms with Crippen LogP contribution in [0.3, 0.4) is 0 Å². The minimum absolute atomic E-state index is 0.188. The van der Waals surface area contributed by atoms with Crippen LogP contribution in [0, 0.1) is 0 Å². The molecule has 0 N–H and O–H groups in total. The number of hydrogen-bond acceptors (Lipinski definition) is 2. The molecule has 1 aromatic carbocycles. The molecule has 86 valence electrons. The third-order valence-electron chi connectivity index (χ3n) is 2.72. The smallest absolute Gasteiger partial charge is 0.278 e. The third-order valence-corrected chi connectivity index (χ3v) is 4.26. The summed E-state index contributed by atoms with van der Waals surface area (Å²) < 4.78 is 0. The number of aryl methyl sites for hydroxylation is 1. The van der Waals surface area contributed by atoms with Gasteiger partial charge in [0.15, 0.2) is 0 Å².